The molecule has 1 unspecified atom stereocenters. The number of hydrogen-bond donors (Lipinski definition) is 1. The van der Waals surface area contributed by atoms with E-state index in [1.165, 1.54) is 26.1 Å². The van der Waals surface area contributed by atoms with Crippen LogP contribution in [0.1, 0.15) is 60.5 Å². The Morgan fingerprint density at radius 3 is 2.29 bits per heavy atom. The molecule has 0 aromatic heterocycles. The maximum absolute atomic E-state index is 14.4. The second-order valence-electron chi connectivity index (χ2n) is 11.0. The molecule has 2 heterocycles. The van der Waals surface area contributed by atoms with Gasteiger partial charge in [-0.1, -0.05) is 6.07 Å². The monoisotopic (exact) mass is 585 g/mol. The maximum atomic E-state index is 14.4. The number of ketones is 1. The molecule has 0 spiro atoms. The number of nitrogens with one attached hydrogen (secondary N) is 1. The number of allylic oxidation sites excluding steroid dienone is 2. The molecule has 2 fully saturated rings. The van der Waals surface area contributed by atoms with Crippen LogP contribution in [0.5, 0.6) is 5.75 Å². The quantitative estimate of drug-likeness (QED) is 0.303. The van der Waals surface area contributed by atoms with Gasteiger partial charge in [-0.3, -0.25) is 4.79 Å². The fraction of sp³-hybridized carbons (Fsp3) is 0.483. The lowest BCUT2D eigenvalue weighted by atomic mass is 9.80. The van der Waals surface area contributed by atoms with Crippen molar-refractivity contribution in [2.45, 2.75) is 50.6 Å². The molecule has 5 rings (SSSR count). The number of carbonyl (C=O) groups excluding carboxylic acids is 1. The summed E-state index contributed by atoms with van der Waals surface area (Å²) in [6, 6.07) is 4.18. The first-order valence-electron chi connectivity index (χ1n) is 13.4. The molecule has 12 heteroatoms. The number of likely N-dealkylation sites (tertiary alicyclic amines) is 1. The zero-order valence-corrected chi connectivity index (χ0v) is 22.5. The maximum Gasteiger partial charge on any atom is 0.416 e. The molecular weight excluding hydrogens is 555 g/mol. The van der Waals surface area contributed by atoms with Crippen LogP contribution in [-0.4, -0.2) is 42.4 Å². The summed E-state index contributed by atoms with van der Waals surface area (Å²) in [7, 11) is 1.38. The lowest BCUT2D eigenvalue weighted by Crippen LogP contribution is -2.40. The van der Waals surface area contributed by atoms with Gasteiger partial charge in [-0.25, -0.2) is 4.39 Å². The van der Waals surface area contributed by atoms with Crippen LogP contribution in [0.25, 0.3) is 0 Å². The second-order valence-corrected chi connectivity index (χ2v) is 11.0. The van der Waals surface area contributed by atoms with Gasteiger partial charge in [-0.15, -0.1) is 5.06 Å². The Balaban J connectivity index is 1.41. The summed E-state index contributed by atoms with van der Waals surface area (Å²) >= 11 is 0. The fourth-order valence-corrected chi connectivity index (χ4v) is 6.07. The summed E-state index contributed by atoms with van der Waals surface area (Å²) in [5, 5.41) is 4.61. The number of carbonyl (C=O) groups is 1. The molecule has 0 radical (unpaired) electrons. The molecule has 0 bridgehead atoms. The Kier molecular flexibility index (Phi) is 7.84. The van der Waals surface area contributed by atoms with Gasteiger partial charge in [-0.05, 0) is 62.1 Å². The van der Waals surface area contributed by atoms with E-state index in [9.17, 15) is 35.5 Å². The minimum Gasteiger partial charge on any atom is -0.405 e. The van der Waals surface area contributed by atoms with Gasteiger partial charge in [0.2, 0.25) is 0 Å². The third kappa shape index (κ3) is 6.23. The molecular formula is C29H30F7N3O2. The highest BCUT2D eigenvalue weighted by molar-refractivity contribution is 5.92. The standard InChI is InChI=1S/C29H30F7N3O2/c1-16(18-9-19(28(31,32)33)11-20(10-18)29(34,35)36)38(2)41-26-12-21(30)3-6-24(26)27-25-15-39(14-17(25)7-8-37-27)22-4-5-23(40)13-22/h3,6,9-13,16-17,25,27,37H,4-5,7-8,14-15H2,1-2H3/t16?,17-,25-,27+/m1/s1. The van der Waals surface area contributed by atoms with Crippen LogP contribution in [-0.2, 0) is 17.1 Å². The van der Waals surface area contributed by atoms with E-state index >= 15 is 0 Å². The van der Waals surface area contributed by atoms with Crippen LogP contribution in [0, 0.1) is 17.7 Å². The number of piperidine rings is 1. The molecule has 0 amide bonds. The lowest BCUT2D eigenvalue weighted by molar-refractivity contribution is -0.143. The predicted octanol–water partition coefficient (Wildman–Crippen LogP) is 6.68. The van der Waals surface area contributed by atoms with Crippen molar-refractivity contribution in [2.75, 3.05) is 26.7 Å². The number of rotatable bonds is 6. The van der Waals surface area contributed by atoms with Gasteiger partial charge in [0, 0.05) is 61.9 Å². The molecule has 2 saturated heterocycles. The molecule has 1 aliphatic carbocycles. The van der Waals surface area contributed by atoms with Crippen LogP contribution >= 0.6 is 0 Å². The van der Waals surface area contributed by atoms with Crippen LogP contribution in [0.3, 0.4) is 0 Å². The zero-order valence-electron chi connectivity index (χ0n) is 22.5. The normalized spacial score (nSPS) is 24.0. The third-order valence-electron chi connectivity index (χ3n) is 8.35. The molecule has 3 aliphatic rings. The second kappa shape index (κ2) is 10.9. The number of hydroxylamine groups is 2. The topological polar surface area (TPSA) is 44.8 Å². The van der Waals surface area contributed by atoms with E-state index in [0.29, 0.717) is 49.5 Å². The van der Waals surface area contributed by atoms with Gasteiger partial charge in [0.25, 0.3) is 0 Å². The summed E-state index contributed by atoms with van der Waals surface area (Å²) in [6.07, 6.45) is -6.14. The number of alkyl halides is 6. The molecule has 2 aromatic rings. The van der Waals surface area contributed by atoms with E-state index in [0.717, 1.165) is 23.7 Å². The SMILES string of the molecule is CC(c1cc(C(F)(F)F)cc(C(F)(F)F)c1)N(C)Oc1cc(F)ccc1[C@@H]1NCC[C@@H]2CN(C3=CC(=O)CC3)C[C@H]21. The van der Waals surface area contributed by atoms with E-state index in [4.69, 9.17) is 4.84 Å². The number of fused-ring (bicyclic) bond motifs is 1. The lowest BCUT2D eigenvalue weighted by Gasteiger charge is -2.36. The highest BCUT2D eigenvalue weighted by Gasteiger charge is 2.43. The molecule has 1 N–H and O–H groups in total. The summed E-state index contributed by atoms with van der Waals surface area (Å²) in [5.74, 6) is 0.0681. The molecule has 0 saturated carbocycles. The van der Waals surface area contributed by atoms with Crippen LogP contribution in [0.4, 0.5) is 30.7 Å². The Morgan fingerprint density at radius 1 is 1.00 bits per heavy atom. The smallest absolute Gasteiger partial charge is 0.405 e. The highest BCUT2D eigenvalue weighted by atomic mass is 19.4. The number of benzene rings is 2. The van der Waals surface area contributed by atoms with Gasteiger partial charge in [0.15, 0.2) is 11.5 Å². The van der Waals surface area contributed by atoms with Gasteiger partial charge >= 0.3 is 12.4 Å². The molecule has 4 atom stereocenters. The molecule has 2 aliphatic heterocycles. The van der Waals surface area contributed by atoms with Crippen molar-refractivity contribution in [1.82, 2.24) is 15.3 Å². The predicted molar refractivity (Wildman–Crippen MR) is 136 cm³/mol. The largest absolute Gasteiger partial charge is 0.416 e. The first-order chi connectivity index (χ1) is 19.2. The molecule has 222 valence electrons. The fourth-order valence-electron chi connectivity index (χ4n) is 6.07. The number of nitrogens with zero attached hydrogens (tertiary/aromatic N) is 2. The van der Waals surface area contributed by atoms with Crippen molar-refractivity contribution in [3.8, 4) is 5.75 Å². The van der Waals surface area contributed by atoms with Crippen molar-refractivity contribution in [2.24, 2.45) is 11.8 Å². The van der Waals surface area contributed by atoms with Gasteiger partial charge in [0.1, 0.15) is 5.82 Å². The van der Waals surface area contributed by atoms with Crippen molar-refractivity contribution in [1.29, 1.82) is 0 Å². The van der Waals surface area contributed by atoms with Crippen molar-refractivity contribution >= 4 is 5.78 Å². The number of halogens is 7. The van der Waals surface area contributed by atoms with E-state index in [-0.39, 0.29) is 35.1 Å². The van der Waals surface area contributed by atoms with Gasteiger partial charge < -0.3 is 15.1 Å². The minimum absolute atomic E-state index is 0.0787. The third-order valence-corrected chi connectivity index (χ3v) is 8.35. The van der Waals surface area contributed by atoms with E-state index in [1.807, 2.05) is 0 Å². The van der Waals surface area contributed by atoms with Crippen molar-refractivity contribution < 1.29 is 40.4 Å². The molecule has 5 nitrogen and oxygen atoms in total. The average Bonchev–Trinajstić information content (AvgIpc) is 3.53. The average molecular weight is 586 g/mol. The van der Waals surface area contributed by atoms with E-state index in [2.05, 4.69) is 10.2 Å². The summed E-state index contributed by atoms with van der Waals surface area (Å²) < 4.78 is 94.9. The van der Waals surface area contributed by atoms with E-state index < -0.39 is 35.3 Å². The van der Waals surface area contributed by atoms with Crippen LogP contribution in [0.2, 0.25) is 0 Å². The minimum atomic E-state index is -4.98. The molecule has 41 heavy (non-hydrogen) atoms. The van der Waals surface area contributed by atoms with E-state index in [1.54, 1.807) is 12.1 Å². The summed E-state index contributed by atoms with van der Waals surface area (Å²) in [5.41, 5.74) is -1.44. The highest BCUT2D eigenvalue weighted by Crippen LogP contribution is 2.44. The number of hydrogen-bond acceptors (Lipinski definition) is 5. The van der Waals surface area contributed by atoms with Crippen LogP contribution < -0.4 is 10.2 Å². The van der Waals surface area contributed by atoms with Gasteiger partial charge in [0.05, 0.1) is 17.2 Å². The van der Waals surface area contributed by atoms with Gasteiger partial charge in [-0.2, -0.15) is 26.3 Å². The Labute approximate surface area is 232 Å². The summed E-state index contributed by atoms with van der Waals surface area (Å²) in [6.45, 7) is 3.60. The summed E-state index contributed by atoms with van der Waals surface area (Å²) in [4.78, 5) is 20.0. The Bertz CT molecular complexity index is 1310. The Hall–Kier alpha value is -3.12. The van der Waals surface area contributed by atoms with Crippen LogP contribution in [0.15, 0.2) is 48.2 Å². The first kappa shape index (κ1) is 29.4. The molecule has 2 aromatic carbocycles. The zero-order chi connectivity index (χ0) is 29.7. The van der Waals surface area contributed by atoms with Crippen molar-refractivity contribution in [3.63, 3.8) is 0 Å². The first-order valence-corrected chi connectivity index (χ1v) is 13.4. The van der Waals surface area contributed by atoms with Crippen molar-refractivity contribution in [3.05, 3.63) is 76.2 Å². The Morgan fingerprint density at radius 2 is 1.68 bits per heavy atom.